The Morgan fingerprint density at radius 3 is 2.68 bits per heavy atom. The second-order valence-corrected chi connectivity index (χ2v) is 6.73. The summed E-state index contributed by atoms with van der Waals surface area (Å²) >= 11 is 1.64. The topological polar surface area (TPSA) is 49.3 Å². The third-order valence-corrected chi connectivity index (χ3v) is 4.37. The van der Waals surface area contributed by atoms with Gasteiger partial charge in [-0.1, -0.05) is 32.0 Å². The zero-order valence-corrected chi connectivity index (χ0v) is 18.0. The van der Waals surface area contributed by atoms with Crippen LogP contribution in [0.4, 0.5) is 4.39 Å². The number of aliphatic imine (C=N–C) groups is 1. The van der Waals surface area contributed by atoms with Crippen molar-refractivity contribution in [2.45, 2.75) is 39.7 Å². The number of hydrogen-bond acceptors (Lipinski definition) is 3. The highest BCUT2D eigenvalue weighted by atomic mass is 127. The number of aromatic nitrogens is 1. The van der Waals surface area contributed by atoms with E-state index in [2.05, 4.69) is 39.8 Å². The second kappa shape index (κ2) is 11.4. The van der Waals surface area contributed by atoms with Gasteiger partial charge in [-0.25, -0.2) is 14.4 Å². The molecule has 0 atom stereocenters. The summed E-state index contributed by atoms with van der Waals surface area (Å²) in [5, 5.41) is 9.55. The van der Waals surface area contributed by atoms with Crippen molar-refractivity contribution >= 4 is 41.3 Å². The molecule has 0 aliphatic heterocycles. The Bertz CT molecular complexity index is 673. The maximum Gasteiger partial charge on any atom is 0.191 e. The summed E-state index contributed by atoms with van der Waals surface area (Å²) in [6, 6.07) is 6.86. The molecule has 0 bridgehead atoms. The molecule has 2 aromatic rings. The molecule has 4 nitrogen and oxygen atoms in total. The van der Waals surface area contributed by atoms with Crippen LogP contribution in [0.5, 0.6) is 0 Å². The number of nitrogens with zero attached hydrogens (tertiary/aromatic N) is 2. The average Bonchev–Trinajstić information content (AvgIpc) is 3.03. The van der Waals surface area contributed by atoms with Gasteiger partial charge < -0.3 is 10.6 Å². The zero-order chi connectivity index (χ0) is 17.4. The zero-order valence-electron chi connectivity index (χ0n) is 14.9. The molecule has 0 saturated carbocycles. The Kier molecular flexibility index (Phi) is 9.96. The molecule has 2 N–H and O–H groups in total. The van der Waals surface area contributed by atoms with Crippen molar-refractivity contribution in [3.8, 4) is 0 Å². The molecule has 0 spiro atoms. The fraction of sp³-hybridized carbons (Fsp3) is 0.444. The lowest BCUT2D eigenvalue weighted by Crippen LogP contribution is -2.38. The number of halogens is 2. The summed E-state index contributed by atoms with van der Waals surface area (Å²) in [6.45, 7) is 8.25. The first kappa shape index (κ1) is 21.8. The van der Waals surface area contributed by atoms with E-state index in [1.807, 2.05) is 19.1 Å². The summed E-state index contributed by atoms with van der Waals surface area (Å²) in [6.07, 6.45) is 0.617. The molecule has 0 aliphatic carbocycles. The van der Waals surface area contributed by atoms with Crippen LogP contribution < -0.4 is 10.6 Å². The quantitative estimate of drug-likeness (QED) is 0.356. The molecule has 0 saturated heterocycles. The average molecular weight is 476 g/mol. The minimum Gasteiger partial charge on any atom is -0.357 e. The summed E-state index contributed by atoms with van der Waals surface area (Å²) in [4.78, 5) is 9.15. The van der Waals surface area contributed by atoms with E-state index >= 15 is 0 Å². The first-order valence-electron chi connectivity index (χ1n) is 8.30. The van der Waals surface area contributed by atoms with E-state index in [0.29, 0.717) is 31.0 Å². The Hall–Kier alpha value is -1.22. The molecular formula is C18H26FIN4S. The van der Waals surface area contributed by atoms with Crippen molar-refractivity contribution in [2.75, 3.05) is 13.1 Å². The minimum atomic E-state index is -0.162. The molecule has 138 valence electrons. The van der Waals surface area contributed by atoms with Gasteiger partial charge in [0.2, 0.25) is 0 Å². The van der Waals surface area contributed by atoms with E-state index in [9.17, 15) is 4.39 Å². The number of benzene rings is 1. The molecule has 1 heterocycles. The molecule has 1 aromatic heterocycles. The number of thiazole rings is 1. The molecule has 0 fully saturated rings. The molecule has 0 radical (unpaired) electrons. The van der Waals surface area contributed by atoms with E-state index in [1.165, 1.54) is 6.07 Å². The first-order chi connectivity index (χ1) is 11.6. The van der Waals surface area contributed by atoms with Gasteiger partial charge in [-0.2, -0.15) is 0 Å². The molecule has 0 unspecified atom stereocenters. The van der Waals surface area contributed by atoms with E-state index in [4.69, 9.17) is 0 Å². The second-order valence-electron chi connectivity index (χ2n) is 5.78. The normalized spacial score (nSPS) is 11.3. The third-order valence-electron chi connectivity index (χ3n) is 3.52. The Morgan fingerprint density at radius 1 is 1.28 bits per heavy atom. The van der Waals surface area contributed by atoms with Gasteiger partial charge in [-0.3, -0.25) is 0 Å². The van der Waals surface area contributed by atoms with Crippen LogP contribution in [0, 0.1) is 5.82 Å². The maximum absolute atomic E-state index is 13.6. The van der Waals surface area contributed by atoms with Crippen molar-refractivity contribution in [2.24, 2.45) is 4.99 Å². The van der Waals surface area contributed by atoms with Crippen LogP contribution in [0.3, 0.4) is 0 Å². The standard InChI is InChI=1S/C18H25FN4S.HI/c1-4-20-18(21-10-9-14-7-5-6-8-15(14)19)22-11-17-23-16(12-24-17)13(2)3;/h5-8,12-13H,4,9-11H2,1-3H3,(H2,20,21,22);1H. The minimum absolute atomic E-state index is 0. The first-order valence-corrected chi connectivity index (χ1v) is 9.18. The van der Waals surface area contributed by atoms with Crippen LogP contribution >= 0.6 is 35.3 Å². The molecule has 7 heteroatoms. The Balaban J connectivity index is 0.00000312. The Morgan fingerprint density at radius 2 is 2.04 bits per heavy atom. The Labute approximate surface area is 170 Å². The highest BCUT2D eigenvalue weighted by Crippen LogP contribution is 2.18. The fourth-order valence-corrected chi connectivity index (χ4v) is 3.05. The summed E-state index contributed by atoms with van der Waals surface area (Å²) in [5.41, 5.74) is 1.82. The lowest BCUT2D eigenvalue weighted by atomic mass is 10.1. The van der Waals surface area contributed by atoms with Crippen molar-refractivity contribution in [3.05, 3.63) is 51.7 Å². The largest absolute Gasteiger partial charge is 0.357 e. The molecule has 25 heavy (non-hydrogen) atoms. The lowest BCUT2D eigenvalue weighted by Gasteiger charge is -2.11. The van der Waals surface area contributed by atoms with E-state index in [-0.39, 0.29) is 29.8 Å². The maximum atomic E-state index is 13.6. The van der Waals surface area contributed by atoms with Crippen LogP contribution in [-0.4, -0.2) is 24.0 Å². The van der Waals surface area contributed by atoms with Crippen molar-refractivity contribution in [3.63, 3.8) is 0 Å². The van der Waals surface area contributed by atoms with Crippen LogP contribution in [0.15, 0.2) is 34.6 Å². The third kappa shape index (κ3) is 7.27. The van der Waals surface area contributed by atoms with Crippen molar-refractivity contribution < 1.29 is 4.39 Å². The highest BCUT2D eigenvalue weighted by molar-refractivity contribution is 14.0. The van der Waals surface area contributed by atoms with Gasteiger partial charge in [0, 0.05) is 18.5 Å². The van der Waals surface area contributed by atoms with Gasteiger partial charge in [0.1, 0.15) is 10.8 Å². The van der Waals surface area contributed by atoms with Crippen LogP contribution in [0.2, 0.25) is 0 Å². The summed E-state index contributed by atoms with van der Waals surface area (Å²) in [5.74, 6) is 1.01. The van der Waals surface area contributed by atoms with Crippen molar-refractivity contribution in [1.29, 1.82) is 0 Å². The number of rotatable bonds is 7. The van der Waals surface area contributed by atoms with Crippen LogP contribution in [-0.2, 0) is 13.0 Å². The summed E-state index contributed by atoms with van der Waals surface area (Å²) < 4.78 is 13.6. The lowest BCUT2D eigenvalue weighted by molar-refractivity contribution is 0.606. The van der Waals surface area contributed by atoms with Crippen LogP contribution in [0.25, 0.3) is 0 Å². The molecule has 0 amide bonds. The van der Waals surface area contributed by atoms with Gasteiger partial charge in [-0.15, -0.1) is 35.3 Å². The predicted molar refractivity (Wildman–Crippen MR) is 115 cm³/mol. The summed E-state index contributed by atoms with van der Waals surface area (Å²) in [7, 11) is 0. The highest BCUT2D eigenvalue weighted by Gasteiger charge is 2.06. The predicted octanol–water partition coefficient (Wildman–Crippen LogP) is 4.32. The number of guanidine groups is 1. The molecular weight excluding hydrogens is 450 g/mol. The van der Waals surface area contributed by atoms with E-state index < -0.39 is 0 Å². The van der Waals surface area contributed by atoms with Gasteiger partial charge in [0.15, 0.2) is 5.96 Å². The smallest absolute Gasteiger partial charge is 0.191 e. The van der Waals surface area contributed by atoms with Gasteiger partial charge in [0.25, 0.3) is 0 Å². The number of nitrogens with one attached hydrogen (secondary N) is 2. The molecule has 1 aromatic carbocycles. The fourth-order valence-electron chi connectivity index (χ4n) is 2.17. The van der Waals surface area contributed by atoms with Gasteiger partial charge in [-0.05, 0) is 30.9 Å². The molecule has 2 rings (SSSR count). The monoisotopic (exact) mass is 476 g/mol. The SMILES string of the molecule is CCNC(=NCc1nc(C(C)C)cs1)NCCc1ccccc1F.I. The van der Waals surface area contributed by atoms with E-state index in [1.54, 1.807) is 17.4 Å². The van der Waals surface area contributed by atoms with Crippen molar-refractivity contribution in [1.82, 2.24) is 15.6 Å². The molecule has 0 aliphatic rings. The number of hydrogen-bond donors (Lipinski definition) is 2. The van der Waals surface area contributed by atoms with Gasteiger partial charge in [0.05, 0.1) is 12.2 Å². The van der Waals surface area contributed by atoms with Gasteiger partial charge >= 0.3 is 0 Å². The van der Waals surface area contributed by atoms with E-state index in [0.717, 1.165) is 23.2 Å². The van der Waals surface area contributed by atoms with Crippen LogP contribution in [0.1, 0.15) is 43.0 Å².